The van der Waals surface area contributed by atoms with E-state index in [9.17, 15) is 0 Å². The van der Waals surface area contributed by atoms with Crippen LogP contribution in [0.4, 0.5) is 0 Å². The molecule has 0 aliphatic rings. The third-order valence-corrected chi connectivity index (χ3v) is 3.31. The fourth-order valence-electron chi connectivity index (χ4n) is 1.54. The third-order valence-electron chi connectivity index (χ3n) is 2.49. The van der Waals surface area contributed by atoms with E-state index < -0.39 is 0 Å². The van der Waals surface area contributed by atoms with Crippen molar-refractivity contribution in [3.63, 3.8) is 0 Å². The van der Waals surface area contributed by atoms with Gasteiger partial charge in [-0.15, -0.1) is 11.8 Å². The summed E-state index contributed by atoms with van der Waals surface area (Å²) in [6.45, 7) is 5.12. The lowest BCUT2D eigenvalue weighted by molar-refractivity contribution is 0.353. The minimum atomic E-state index is 0.470. The van der Waals surface area contributed by atoms with E-state index in [0.29, 0.717) is 6.04 Å². The van der Waals surface area contributed by atoms with Gasteiger partial charge in [-0.05, 0) is 24.0 Å². The van der Waals surface area contributed by atoms with Crippen LogP contribution in [-0.4, -0.2) is 26.5 Å². The van der Waals surface area contributed by atoms with E-state index in [-0.39, 0.29) is 0 Å². The van der Waals surface area contributed by atoms with E-state index in [1.165, 1.54) is 10.5 Å². The Morgan fingerprint density at radius 1 is 1.18 bits per heavy atom. The highest BCUT2D eigenvalue weighted by atomic mass is 32.2. The Hall–Kier alpha value is -0.870. The first-order chi connectivity index (χ1) is 8.12. The molecule has 1 rings (SSSR count). The molecular formula is C13H21NO2S. The summed E-state index contributed by atoms with van der Waals surface area (Å²) in [5.74, 6) is 1.57. The maximum atomic E-state index is 5.32. The normalized spacial score (nSPS) is 10.7. The lowest BCUT2D eigenvalue weighted by Gasteiger charge is -2.15. The van der Waals surface area contributed by atoms with E-state index in [1.807, 2.05) is 12.1 Å². The van der Waals surface area contributed by atoms with E-state index in [1.54, 1.807) is 26.0 Å². The predicted octanol–water partition coefficient (Wildman–Crippen LogP) is 2.92. The van der Waals surface area contributed by atoms with Crippen molar-refractivity contribution in [2.24, 2.45) is 0 Å². The van der Waals surface area contributed by atoms with Gasteiger partial charge in [0.05, 0.1) is 14.2 Å². The molecule has 0 radical (unpaired) electrons. The lowest BCUT2D eigenvalue weighted by atomic mass is 10.2. The quantitative estimate of drug-likeness (QED) is 0.792. The van der Waals surface area contributed by atoms with Crippen molar-refractivity contribution in [3.05, 3.63) is 17.7 Å². The molecule has 4 heteroatoms. The minimum absolute atomic E-state index is 0.470. The Kier molecular flexibility index (Phi) is 5.65. The first-order valence-electron chi connectivity index (χ1n) is 5.64. The van der Waals surface area contributed by atoms with Crippen LogP contribution in [0.5, 0.6) is 11.5 Å². The molecule has 0 aliphatic heterocycles. The first kappa shape index (κ1) is 14.2. The molecule has 0 saturated heterocycles. The molecule has 0 bridgehead atoms. The van der Waals surface area contributed by atoms with Crippen LogP contribution < -0.4 is 14.8 Å². The van der Waals surface area contributed by atoms with Gasteiger partial charge in [-0.3, -0.25) is 0 Å². The molecule has 0 unspecified atom stereocenters. The molecule has 1 N–H and O–H groups in total. The fourth-order valence-corrected chi connectivity index (χ4v) is 2.16. The Balaban J connectivity index is 3.01. The highest BCUT2D eigenvalue weighted by Gasteiger charge is 2.10. The molecule has 96 valence electrons. The standard InChI is InChI=1S/C13H21NO2S/c1-9(2)14-8-10-6-11(15-3)12(16-4)7-13(10)17-5/h6-7,9,14H,8H2,1-5H3. The van der Waals surface area contributed by atoms with Gasteiger partial charge in [0.2, 0.25) is 0 Å². The zero-order valence-corrected chi connectivity index (χ0v) is 12.0. The SMILES string of the molecule is COc1cc(CNC(C)C)c(SC)cc1OC. The van der Waals surface area contributed by atoms with Crippen LogP contribution in [0.1, 0.15) is 19.4 Å². The molecule has 0 amide bonds. The number of hydrogen-bond donors (Lipinski definition) is 1. The van der Waals surface area contributed by atoms with Crippen LogP contribution in [0.3, 0.4) is 0 Å². The van der Waals surface area contributed by atoms with E-state index >= 15 is 0 Å². The molecule has 0 atom stereocenters. The van der Waals surface area contributed by atoms with Crippen molar-refractivity contribution >= 4 is 11.8 Å². The average Bonchev–Trinajstić information content (AvgIpc) is 2.34. The second-order valence-electron chi connectivity index (χ2n) is 4.05. The smallest absolute Gasteiger partial charge is 0.161 e. The Bertz CT molecular complexity index is 367. The second-order valence-corrected chi connectivity index (χ2v) is 4.90. The molecule has 1 aromatic carbocycles. The maximum Gasteiger partial charge on any atom is 0.161 e. The highest BCUT2D eigenvalue weighted by Crippen LogP contribution is 2.34. The number of methoxy groups -OCH3 is 2. The molecule has 0 saturated carbocycles. The Morgan fingerprint density at radius 2 is 1.76 bits per heavy atom. The van der Waals surface area contributed by atoms with Gasteiger partial charge in [0.25, 0.3) is 0 Å². The maximum absolute atomic E-state index is 5.32. The number of rotatable bonds is 6. The van der Waals surface area contributed by atoms with Gasteiger partial charge in [-0.1, -0.05) is 13.8 Å². The highest BCUT2D eigenvalue weighted by molar-refractivity contribution is 7.98. The van der Waals surface area contributed by atoms with Crippen molar-refractivity contribution in [2.75, 3.05) is 20.5 Å². The van der Waals surface area contributed by atoms with Gasteiger partial charge in [0, 0.05) is 17.5 Å². The summed E-state index contributed by atoms with van der Waals surface area (Å²) in [7, 11) is 3.32. The zero-order chi connectivity index (χ0) is 12.8. The van der Waals surface area contributed by atoms with Crippen LogP contribution in [0, 0.1) is 0 Å². The van der Waals surface area contributed by atoms with Gasteiger partial charge in [-0.2, -0.15) is 0 Å². The van der Waals surface area contributed by atoms with Crippen molar-refractivity contribution in [1.29, 1.82) is 0 Å². The molecule has 0 aromatic heterocycles. The van der Waals surface area contributed by atoms with Crippen molar-refractivity contribution in [2.45, 2.75) is 31.3 Å². The van der Waals surface area contributed by atoms with Gasteiger partial charge in [-0.25, -0.2) is 0 Å². The third kappa shape index (κ3) is 3.82. The van der Waals surface area contributed by atoms with Crippen molar-refractivity contribution in [3.8, 4) is 11.5 Å². The van der Waals surface area contributed by atoms with Gasteiger partial charge in [0.1, 0.15) is 0 Å². The van der Waals surface area contributed by atoms with E-state index in [2.05, 4.69) is 25.4 Å². The lowest BCUT2D eigenvalue weighted by Crippen LogP contribution is -2.22. The number of ether oxygens (including phenoxy) is 2. The summed E-state index contributed by atoms with van der Waals surface area (Å²) in [5, 5.41) is 3.42. The molecule has 17 heavy (non-hydrogen) atoms. The topological polar surface area (TPSA) is 30.5 Å². The Labute approximate surface area is 108 Å². The van der Waals surface area contributed by atoms with Crippen LogP contribution in [0.15, 0.2) is 17.0 Å². The monoisotopic (exact) mass is 255 g/mol. The van der Waals surface area contributed by atoms with Crippen molar-refractivity contribution in [1.82, 2.24) is 5.32 Å². The summed E-state index contributed by atoms with van der Waals surface area (Å²) in [5.41, 5.74) is 1.24. The zero-order valence-electron chi connectivity index (χ0n) is 11.2. The van der Waals surface area contributed by atoms with E-state index in [0.717, 1.165) is 18.0 Å². The van der Waals surface area contributed by atoms with Crippen LogP contribution in [-0.2, 0) is 6.54 Å². The summed E-state index contributed by atoms with van der Waals surface area (Å²) in [6.07, 6.45) is 2.07. The second kappa shape index (κ2) is 6.77. The molecular weight excluding hydrogens is 234 g/mol. The molecule has 1 aromatic rings. The van der Waals surface area contributed by atoms with Gasteiger partial charge >= 0.3 is 0 Å². The number of benzene rings is 1. The van der Waals surface area contributed by atoms with E-state index in [4.69, 9.17) is 9.47 Å². The average molecular weight is 255 g/mol. The fraction of sp³-hybridized carbons (Fsp3) is 0.538. The van der Waals surface area contributed by atoms with Crippen LogP contribution in [0.2, 0.25) is 0 Å². The summed E-state index contributed by atoms with van der Waals surface area (Å²) >= 11 is 1.72. The molecule has 0 heterocycles. The minimum Gasteiger partial charge on any atom is -0.493 e. The largest absolute Gasteiger partial charge is 0.493 e. The predicted molar refractivity (Wildman–Crippen MR) is 73.3 cm³/mol. The number of nitrogens with one attached hydrogen (secondary N) is 1. The summed E-state index contributed by atoms with van der Waals surface area (Å²) < 4.78 is 10.6. The summed E-state index contributed by atoms with van der Waals surface area (Å²) in [4.78, 5) is 1.22. The van der Waals surface area contributed by atoms with Crippen LogP contribution in [0.25, 0.3) is 0 Å². The first-order valence-corrected chi connectivity index (χ1v) is 6.87. The van der Waals surface area contributed by atoms with Gasteiger partial charge in [0.15, 0.2) is 11.5 Å². The number of hydrogen-bond acceptors (Lipinski definition) is 4. The summed E-state index contributed by atoms with van der Waals surface area (Å²) in [6, 6.07) is 4.54. The van der Waals surface area contributed by atoms with Crippen molar-refractivity contribution < 1.29 is 9.47 Å². The van der Waals surface area contributed by atoms with Gasteiger partial charge < -0.3 is 14.8 Å². The number of thioether (sulfide) groups is 1. The molecule has 0 fully saturated rings. The molecule has 0 aliphatic carbocycles. The Morgan fingerprint density at radius 3 is 2.24 bits per heavy atom. The molecule has 0 spiro atoms. The van der Waals surface area contributed by atoms with Crippen LogP contribution >= 0.6 is 11.8 Å². The molecule has 3 nitrogen and oxygen atoms in total.